The lowest BCUT2D eigenvalue weighted by atomic mass is 10.1. The van der Waals surface area contributed by atoms with Crippen molar-refractivity contribution in [1.82, 2.24) is 25.1 Å². The van der Waals surface area contributed by atoms with Crippen LogP contribution in [0.4, 0.5) is 10.1 Å². The second-order valence-corrected chi connectivity index (χ2v) is 7.36. The molecule has 2 aromatic heterocycles. The van der Waals surface area contributed by atoms with Gasteiger partial charge in [-0.3, -0.25) is 0 Å². The number of imidazole rings is 1. The summed E-state index contributed by atoms with van der Waals surface area (Å²) in [7, 11) is 1.65. The summed E-state index contributed by atoms with van der Waals surface area (Å²) in [6, 6.07) is 14.3. The van der Waals surface area contributed by atoms with Gasteiger partial charge in [0.2, 0.25) is 0 Å². The number of aromatic nitrogens is 4. The molecule has 0 saturated carbocycles. The molecule has 8 heteroatoms. The van der Waals surface area contributed by atoms with Gasteiger partial charge in [0, 0.05) is 31.7 Å². The molecule has 0 radical (unpaired) electrons. The standard InChI is InChI=1S/C23H23FN6O/c1-31-19-8-6-18(7-9-19)30-22(20-14-26-15-27-20)23(29-12-10-25-11-13-29)21(28-30)16-2-4-17(24)5-3-16/h2-9,14-15,25H,10-13H2,1H3,(H,26,27). The summed E-state index contributed by atoms with van der Waals surface area (Å²) in [5.41, 5.74) is 5.36. The highest BCUT2D eigenvalue weighted by atomic mass is 19.1. The van der Waals surface area contributed by atoms with Crippen molar-refractivity contribution in [3.05, 3.63) is 66.9 Å². The van der Waals surface area contributed by atoms with Gasteiger partial charge in [-0.15, -0.1) is 0 Å². The summed E-state index contributed by atoms with van der Waals surface area (Å²) in [5, 5.41) is 8.41. The van der Waals surface area contributed by atoms with E-state index in [0.717, 1.165) is 65.9 Å². The Kier molecular flexibility index (Phi) is 5.13. The second-order valence-electron chi connectivity index (χ2n) is 7.36. The van der Waals surface area contributed by atoms with E-state index in [-0.39, 0.29) is 5.82 Å². The van der Waals surface area contributed by atoms with Crippen molar-refractivity contribution in [2.24, 2.45) is 0 Å². The number of nitrogens with zero attached hydrogens (tertiary/aromatic N) is 4. The lowest BCUT2D eigenvalue weighted by Crippen LogP contribution is -2.43. The molecule has 0 spiro atoms. The second kappa shape index (κ2) is 8.23. The highest BCUT2D eigenvalue weighted by molar-refractivity contribution is 5.88. The molecule has 31 heavy (non-hydrogen) atoms. The Morgan fingerprint density at radius 1 is 1.00 bits per heavy atom. The largest absolute Gasteiger partial charge is 0.497 e. The van der Waals surface area contributed by atoms with Crippen LogP contribution in [0.2, 0.25) is 0 Å². The average Bonchev–Trinajstić information content (AvgIpc) is 3.48. The molecular weight excluding hydrogens is 395 g/mol. The summed E-state index contributed by atoms with van der Waals surface area (Å²) in [6.45, 7) is 3.48. The summed E-state index contributed by atoms with van der Waals surface area (Å²) in [4.78, 5) is 9.82. The Hall–Kier alpha value is -3.65. The number of hydrogen-bond acceptors (Lipinski definition) is 5. The lowest BCUT2D eigenvalue weighted by Gasteiger charge is -2.30. The average molecular weight is 418 g/mol. The minimum Gasteiger partial charge on any atom is -0.497 e. The number of ether oxygens (including phenoxy) is 1. The molecule has 2 N–H and O–H groups in total. The third-order valence-corrected chi connectivity index (χ3v) is 5.48. The molecule has 0 unspecified atom stereocenters. The van der Waals surface area contributed by atoms with Gasteiger partial charge in [0.1, 0.15) is 23.0 Å². The van der Waals surface area contributed by atoms with Crippen molar-refractivity contribution < 1.29 is 9.13 Å². The van der Waals surface area contributed by atoms with Gasteiger partial charge < -0.3 is 19.9 Å². The molecule has 4 aromatic rings. The highest BCUT2D eigenvalue weighted by Crippen LogP contribution is 2.40. The van der Waals surface area contributed by atoms with Crippen LogP contribution >= 0.6 is 0 Å². The number of piperazine rings is 1. The molecule has 0 bridgehead atoms. The van der Waals surface area contributed by atoms with Crippen molar-refractivity contribution >= 4 is 5.69 Å². The minimum atomic E-state index is -0.268. The van der Waals surface area contributed by atoms with Crippen LogP contribution in [0.3, 0.4) is 0 Å². The van der Waals surface area contributed by atoms with Gasteiger partial charge in [-0.1, -0.05) is 0 Å². The Morgan fingerprint density at radius 3 is 2.39 bits per heavy atom. The Labute approximate surface area is 179 Å². The van der Waals surface area contributed by atoms with E-state index in [2.05, 4.69) is 20.2 Å². The molecule has 2 aromatic carbocycles. The number of anilines is 1. The van der Waals surface area contributed by atoms with Crippen molar-refractivity contribution in [2.75, 3.05) is 38.2 Å². The van der Waals surface area contributed by atoms with Crippen LogP contribution in [-0.2, 0) is 0 Å². The molecule has 0 aliphatic carbocycles. The Balaban J connectivity index is 1.76. The minimum absolute atomic E-state index is 0.268. The monoisotopic (exact) mass is 418 g/mol. The van der Waals surface area contributed by atoms with Gasteiger partial charge in [-0.05, 0) is 48.5 Å². The molecule has 1 fully saturated rings. The smallest absolute Gasteiger partial charge is 0.123 e. The highest BCUT2D eigenvalue weighted by Gasteiger charge is 2.27. The molecule has 7 nitrogen and oxygen atoms in total. The van der Waals surface area contributed by atoms with Crippen LogP contribution in [0, 0.1) is 5.82 Å². The van der Waals surface area contributed by atoms with Gasteiger partial charge in [0.15, 0.2) is 0 Å². The van der Waals surface area contributed by atoms with Gasteiger partial charge in [-0.2, -0.15) is 5.10 Å². The fourth-order valence-electron chi connectivity index (χ4n) is 3.94. The first-order chi connectivity index (χ1) is 15.2. The zero-order valence-corrected chi connectivity index (χ0v) is 17.2. The summed E-state index contributed by atoms with van der Waals surface area (Å²) < 4.78 is 20.9. The molecule has 158 valence electrons. The fraction of sp³-hybridized carbons (Fsp3) is 0.217. The number of hydrogen-bond donors (Lipinski definition) is 2. The van der Waals surface area contributed by atoms with E-state index in [9.17, 15) is 4.39 Å². The molecule has 1 aliphatic rings. The number of rotatable bonds is 5. The van der Waals surface area contributed by atoms with Crippen LogP contribution in [0.5, 0.6) is 5.75 Å². The zero-order valence-electron chi connectivity index (χ0n) is 17.2. The summed E-state index contributed by atoms with van der Waals surface area (Å²) in [6.07, 6.45) is 3.47. The topological polar surface area (TPSA) is 71.0 Å². The molecule has 5 rings (SSSR count). The van der Waals surface area contributed by atoms with Crippen LogP contribution in [0.25, 0.3) is 28.3 Å². The summed E-state index contributed by atoms with van der Waals surface area (Å²) in [5.74, 6) is 0.510. The van der Waals surface area contributed by atoms with E-state index in [1.54, 1.807) is 31.8 Å². The first-order valence-electron chi connectivity index (χ1n) is 10.2. The van der Waals surface area contributed by atoms with Crippen molar-refractivity contribution in [3.8, 4) is 34.1 Å². The first-order valence-corrected chi connectivity index (χ1v) is 10.2. The molecule has 1 aliphatic heterocycles. The number of nitrogens with one attached hydrogen (secondary N) is 2. The number of methoxy groups -OCH3 is 1. The van der Waals surface area contributed by atoms with E-state index < -0.39 is 0 Å². The molecule has 3 heterocycles. The van der Waals surface area contributed by atoms with E-state index in [1.807, 2.05) is 28.9 Å². The van der Waals surface area contributed by atoms with Gasteiger partial charge >= 0.3 is 0 Å². The Morgan fingerprint density at radius 2 is 1.74 bits per heavy atom. The number of halogens is 1. The summed E-state index contributed by atoms with van der Waals surface area (Å²) >= 11 is 0. The van der Waals surface area contributed by atoms with Crippen molar-refractivity contribution in [3.63, 3.8) is 0 Å². The van der Waals surface area contributed by atoms with E-state index in [0.29, 0.717) is 0 Å². The predicted molar refractivity (Wildman–Crippen MR) is 118 cm³/mol. The quantitative estimate of drug-likeness (QED) is 0.519. The first kappa shape index (κ1) is 19.3. The maximum absolute atomic E-state index is 13.6. The normalized spacial score (nSPS) is 14.1. The fourth-order valence-corrected chi connectivity index (χ4v) is 3.94. The van der Waals surface area contributed by atoms with E-state index in [1.165, 1.54) is 12.1 Å². The molecule has 0 atom stereocenters. The van der Waals surface area contributed by atoms with Crippen LogP contribution in [-0.4, -0.2) is 53.0 Å². The SMILES string of the molecule is COc1ccc(-n2nc(-c3ccc(F)cc3)c(N3CCNCC3)c2-c2cnc[nH]2)cc1. The van der Waals surface area contributed by atoms with Crippen molar-refractivity contribution in [2.45, 2.75) is 0 Å². The van der Waals surface area contributed by atoms with Gasteiger partial charge in [-0.25, -0.2) is 14.1 Å². The molecule has 0 amide bonds. The number of H-pyrrole nitrogens is 1. The molecular formula is C23H23FN6O. The van der Waals surface area contributed by atoms with Crippen LogP contribution in [0.1, 0.15) is 0 Å². The Bertz CT molecular complexity index is 1150. The third kappa shape index (κ3) is 3.66. The maximum Gasteiger partial charge on any atom is 0.123 e. The number of benzene rings is 2. The van der Waals surface area contributed by atoms with E-state index in [4.69, 9.17) is 9.84 Å². The zero-order chi connectivity index (χ0) is 21.2. The maximum atomic E-state index is 13.6. The van der Waals surface area contributed by atoms with Gasteiger partial charge in [0.25, 0.3) is 0 Å². The molecule has 1 saturated heterocycles. The van der Waals surface area contributed by atoms with E-state index >= 15 is 0 Å². The van der Waals surface area contributed by atoms with Crippen LogP contribution < -0.4 is 15.0 Å². The lowest BCUT2D eigenvalue weighted by molar-refractivity contribution is 0.414. The van der Waals surface area contributed by atoms with Crippen molar-refractivity contribution in [1.29, 1.82) is 0 Å². The van der Waals surface area contributed by atoms with Gasteiger partial charge in [0.05, 0.1) is 36.7 Å². The third-order valence-electron chi connectivity index (χ3n) is 5.48. The predicted octanol–water partition coefficient (Wildman–Crippen LogP) is 3.49. The number of aromatic amines is 1. The van der Waals surface area contributed by atoms with Crippen LogP contribution in [0.15, 0.2) is 61.1 Å².